The van der Waals surface area contributed by atoms with Crippen LogP contribution in [0.3, 0.4) is 0 Å². The number of hydrogen-bond donors (Lipinski definition) is 1. The number of nitrogens with one attached hydrogen (secondary N) is 1. The summed E-state index contributed by atoms with van der Waals surface area (Å²) in [7, 11) is 0. The molecule has 2 saturated carbocycles. The third kappa shape index (κ3) is 3.06. The molecular formula is C18H34N2. The van der Waals surface area contributed by atoms with Crippen LogP contribution < -0.4 is 5.32 Å². The number of piperidine rings is 1. The fraction of sp³-hybridized carbons (Fsp3) is 1.00. The lowest BCUT2D eigenvalue weighted by atomic mass is 9.73. The first-order valence-electron chi connectivity index (χ1n) is 8.95. The lowest BCUT2D eigenvalue weighted by molar-refractivity contribution is 0.0248. The zero-order valence-electron chi connectivity index (χ0n) is 14.0. The Hall–Kier alpha value is -0.0800. The van der Waals surface area contributed by atoms with E-state index < -0.39 is 0 Å². The summed E-state index contributed by atoms with van der Waals surface area (Å²) < 4.78 is 0. The molecule has 116 valence electrons. The molecule has 2 nitrogen and oxygen atoms in total. The van der Waals surface area contributed by atoms with E-state index in [9.17, 15) is 0 Å². The molecule has 2 bridgehead atoms. The zero-order valence-corrected chi connectivity index (χ0v) is 14.0. The first-order valence-corrected chi connectivity index (χ1v) is 8.95. The average Bonchev–Trinajstić information content (AvgIpc) is 2.68. The van der Waals surface area contributed by atoms with Gasteiger partial charge in [-0.2, -0.15) is 0 Å². The van der Waals surface area contributed by atoms with Gasteiger partial charge >= 0.3 is 0 Å². The van der Waals surface area contributed by atoms with Gasteiger partial charge in [0.25, 0.3) is 0 Å². The lowest BCUT2D eigenvalue weighted by Gasteiger charge is -2.50. The van der Waals surface area contributed by atoms with Gasteiger partial charge in [0.1, 0.15) is 0 Å². The third-order valence-corrected chi connectivity index (χ3v) is 6.23. The Balaban J connectivity index is 1.62. The Kier molecular flexibility index (Phi) is 4.16. The standard InChI is InChI=1S/C18H34N2/c1-13(2)20-11-14-6-5-7-15(12-20)17(14)19-16-8-9-18(3,4)10-16/h13-17,19H,5-12H2,1-4H3. The van der Waals surface area contributed by atoms with Gasteiger partial charge in [0, 0.05) is 31.2 Å². The molecule has 1 saturated heterocycles. The van der Waals surface area contributed by atoms with Crippen LogP contribution in [0, 0.1) is 17.3 Å². The topological polar surface area (TPSA) is 15.3 Å². The van der Waals surface area contributed by atoms with Gasteiger partial charge in [0.15, 0.2) is 0 Å². The number of fused-ring (bicyclic) bond motifs is 2. The van der Waals surface area contributed by atoms with Crippen LogP contribution in [-0.2, 0) is 0 Å². The summed E-state index contributed by atoms with van der Waals surface area (Å²) in [5.41, 5.74) is 0.575. The second kappa shape index (κ2) is 5.61. The van der Waals surface area contributed by atoms with Crippen LogP contribution in [-0.4, -0.2) is 36.1 Å². The summed E-state index contributed by atoms with van der Waals surface area (Å²) in [6.45, 7) is 12.3. The zero-order chi connectivity index (χ0) is 14.3. The molecule has 0 aromatic rings. The Morgan fingerprint density at radius 2 is 1.70 bits per heavy atom. The van der Waals surface area contributed by atoms with Gasteiger partial charge in [-0.3, -0.25) is 0 Å². The molecule has 2 heteroatoms. The molecule has 1 heterocycles. The van der Waals surface area contributed by atoms with Crippen molar-refractivity contribution >= 4 is 0 Å². The monoisotopic (exact) mass is 278 g/mol. The Morgan fingerprint density at radius 3 is 2.20 bits per heavy atom. The summed E-state index contributed by atoms with van der Waals surface area (Å²) in [5, 5.41) is 4.11. The molecular weight excluding hydrogens is 244 g/mol. The molecule has 1 N–H and O–H groups in total. The van der Waals surface area contributed by atoms with E-state index in [0.29, 0.717) is 5.41 Å². The van der Waals surface area contributed by atoms with Crippen LogP contribution in [0.25, 0.3) is 0 Å². The van der Waals surface area contributed by atoms with Crippen LogP contribution >= 0.6 is 0 Å². The Morgan fingerprint density at radius 1 is 1.05 bits per heavy atom. The van der Waals surface area contributed by atoms with Gasteiger partial charge in [-0.15, -0.1) is 0 Å². The number of nitrogens with zero attached hydrogens (tertiary/aromatic N) is 1. The van der Waals surface area contributed by atoms with Crippen LogP contribution in [0.1, 0.15) is 66.2 Å². The maximum absolute atomic E-state index is 4.11. The minimum absolute atomic E-state index is 0.575. The summed E-state index contributed by atoms with van der Waals surface area (Å²) in [6.07, 6.45) is 8.56. The molecule has 0 amide bonds. The van der Waals surface area contributed by atoms with Gasteiger partial charge in [-0.05, 0) is 63.2 Å². The quantitative estimate of drug-likeness (QED) is 0.847. The van der Waals surface area contributed by atoms with E-state index in [1.54, 1.807) is 0 Å². The second-order valence-electron chi connectivity index (χ2n) is 8.80. The molecule has 3 unspecified atom stereocenters. The predicted octanol–water partition coefficient (Wildman–Crippen LogP) is 3.66. The van der Waals surface area contributed by atoms with E-state index in [-0.39, 0.29) is 0 Å². The van der Waals surface area contributed by atoms with Crippen molar-refractivity contribution in [1.82, 2.24) is 10.2 Å². The van der Waals surface area contributed by atoms with Gasteiger partial charge in [0.05, 0.1) is 0 Å². The summed E-state index contributed by atoms with van der Waals surface area (Å²) in [4.78, 5) is 2.73. The molecule has 20 heavy (non-hydrogen) atoms. The van der Waals surface area contributed by atoms with Crippen molar-refractivity contribution in [2.24, 2.45) is 17.3 Å². The lowest BCUT2D eigenvalue weighted by Crippen LogP contribution is -2.59. The van der Waals surface area contributed by atoms with Crippen molar-refractivity contribution in [3.8, 4) is 0 Å². The minimum atomic E-state index is 0.575. The largest absolute Gasteiger partial charge is 0.311 e. The summed E-state index contributed by atoms with van der Waals surface area (Å²) >= 11 is 0. The van der Waals surface area contributed by atoms with E-state index in [2.05, 4.69) is 37.9 Å². The molecule has 1 aliphatic heterocycles. The second-order valence-corrected chi connectivity index (χ2v) is 8.80. The van der Waals surface area contributed by atoms with E-state index in [1.807, 2.05) is 0 Å². The highest BCUT2D eigenvalue weighted by Gasteiger charge is 2.42. The molecule has 3 atom stereocenters. The first kappa shape index (κ1) is 14.8. The van der Waals surface area contributed by atoms with E-state index in [1.165, 1.54) is 51.6 Å². The molecule has 0 radical (unpaired) electrons. The third-order valence-electron chi connectivity index (χ3n) is 6.23. The molecule has 2 aliphatic carbocycles. The maximum Gasteiger partial charge on any atom is 0.0151 e. The van der Waals surface area contributed by atoms with E-state index >= 15 is 0 Å². The van der Waals surface area contributed by atoms with Crippen molar-refractivity contribution in [3.05, 3.63) is 0 Å². The van der Waals surface area contributed by atoms with Crippen LogP contribution in [0.4, 0.5) is 0 Å². The molecule has 0 spiro atoms. The highest BCUT2D eigenvalue weighted by molar-refractivity contribution is 4.98. The summed E-state index contributed by atoms with van der Waals surface area (Å²) in [5.74, 6) is 1.82. The molecule has 0 aromatic carbocycles. The van der Waals surface area contributed by atoms with E-state index in [4.69, 9.17) is 0 Å². The maximum atomic E-state index is 4.11. The van der Waals surface area contributed by atoms with Gasteiger partial charge < -0.3 is 10.2 Å². The van der Waals surface area contributed by atoms with Gasteiger partial charge in [0.2, 0.25) is 0 Å². The normalized spacial score (nSPS) is 41.2. The molecule has 3 rings (SSSR count). The number of rotatable bonds is 3. The molecule has 3 fully saturated rings. The highest BCUT2D eigenvalue weighted by Crippen LogP contribution is 2.40. The first-order chi connectivity index (χ1) is 9.44. The van der Waals surface area contributed by atoms with Crippen molar-refractivity contribution < 1.29 is 0 Å². The van der Waals surface area contributed by atoms with Crippen molar-refractivity contribution in [1.29, 1.82) is 0 Å². The average molecular weight is 278 g/mol. The number of hydrogen-bond acceptors (Lipinski definition) is 2. The van der Waals surface area contributed by atoms with Crippen molar-refractivity contribution in [2.75, 3.05) is 13.1 Å². The number of likely N-dealkylation sites (tertiary alicyclic amines) is 1. The predicted molar refractivity (Wildman–Crippen MR) is 85.9 cm³/mol. The fourth-order valence-electron chi connectivity index (χ4n) is 5.02. The Bertz CT molecular complexity index is 322. The minimum Gasteiger partial charge on any atom is -0.311 e. The van der Waals surface area contributed by atoms with Crippen LogP contribution in [0.15, 0.2) is 0 Å². The highest BCUT2D eigenvalue weighted by atomic mass is 15.2. The van der Waals surface area contributed by atoms with Gasteiger partial charge in [-0.25, -0.2) is 0 Å². The smallest absolute Gasteiger partial charge is 0.0151 e. The van der Waals surface area contributed by atoms with E-state index in [0.717, 1.165) is 30.0 Å². The van der Waals surface area contributed by atoms with Crippen LogP contribution in [0.5, 0.6) is 0 Å². The summed E-state index contributed by atoms with van der Waals surface area (Å²) in [6, 6.07) is 2.34. The fourth-order valence-corrected chi connectivity index (χ4v) is 5.02. The van der Waals surface area contributed by atoms with Crippen molar-refractivity contribution in [3.63, 3.8) is 0 Å². The van der Waals surface area contributed by atoms with Crippen molar-refractivity contribution in [2.45, 2.75) is 84.3 Å². The SMILES string of the molecule is CC(C)N1CC2CCCC(C1)C2NC1CCC(C)(C)C1. The van der Waals surface area contributed by atoms with Crippen LogP contribution in [0.2, 0.25) is 0 Å². The van der Waals surface area contributed by atoms with Gasteiger partial charge in [-0.1, -0.05) is 20.3 Å². The molecule has 3 aliphatic rings. The Labute approximate surface area is 125 Å². The molecule has 0 aromatic heterocycles.